The van der Waals surface area contributed by atoms with Crippen molar-refractivity contribution in [2.75, 3.05) is 4.90 Å². The van der Waals surface area contributed by atoms with Crippen LogP contribution >= 0.6 is 0 Å². The van der Waals surface area contributed by atoms with E-state index in [2.05, 4.69) is 177 Å². The first-order valence-electron chi connectivity index (χ1n) is 16.9. The Morgan fingerprint density at radius 1 is 0.400 bits per heavy atom. The maximum Gasteiger partial charge on any atom is 0.168 e. The largest absolute Gasteiger partial charge is 0.310 e. The molecule has 0 aliphatic carbocycles. The molecule has 9 rings (SSSR count). The number of anilines is 3. The minimum atomic E-state index is 0.800. The summed E-state index contributed by atoms with van der Waals surface area (Å²) in [6.45, 7) is 2.17. The third-order valence-corrected chi connectivity index (χ3v) is 9.40. The van der Waals surface area contributed by atoms with Crippen molar-refractivity contribution in [3.05, 3.63) is 188 Å². The number of hydrogen-bond donors (Lipinski definition) is 0. The van der Waals surface area contributed by atoms with Crippen LogP contribution in [0, 0.1) is 6.92 Å². The lowest BCUT2D eigenvalue weighted by atomic mass is 10.1. The van der Waals surface area contributed by atoms with Crippen LogP contribution in [0.25, 0.3) is 56.0 Å². The van der Waals surface area contributed by atoms with Crippen LogP contribution < -0.4 is 4.90 Å². The van der Waals surface area contributed by atoms with Gasteiger partial charge in [0.2, 0.25) is 0 Å². The Morgan fingerprint density at radius 3 is 1.32 bits per heavy atom. The molecule has 0 spiro atoms. The molecule has 7 aromatic carbocycles. The molecule has 238 valence electrons. The van der Waals surface area contributed by atoms with Crippen LogP contribution in [-0.2, 0) is 0 Å². The van der Waals surface area contributed by atoms with E-state index in [4.69, 9.17) is 0 Å². The molecular weight excluding hydrogens is 611 g/mol. The average Bonchev–Trinajstić information content (AvgIpc) is 3.77. The number of aryl methyl sites for hydroxylation is 1. The molecule has 0 unspecified atom stereocenters. The molecule has 0 fully saturated rings. The van der Waals surface area contributed by atoms with Gasteiger partial charge in [-0.15, -0.1) is 10.2 Å². The van der Waals surface area contributed by atoms with E-state index in [-0.39, 0.29) is 0 Å². The van der Waals surface area contributed by atoms with Crippen LogP contribution in [0.1, 0.15) is 5.56 Å². The highest BCUT2D eigenvalue weighted by Crippen LogP contribution is 2.39. The highest BCUT2D eigenvalue weighted by molar-refractivity contribution is 6.09. The molecule has 0 aliphatic heterocycles. The summed E-state index contributed by atoms with van der Waals surface area (Å²) in [5.41, 5.74) is 11.0. The second-order valence-corrected chi connectivity index (χ2v) is 12.4. The Labute approximate surface area is 291 Å². The molecule has 0 bridgehead atoms. The van der Waals surface area contributed by atoms with E-state index in [1.165, 1.54) is 27.4 Å². The van der Waals surface area contributed by atoms with Gasteiger partial charge in [0.25, 0.3) is 0 Å². The van der Waals surface area contributed by atoms with Crippen molar-refractivity contribution in [3.63, 3.8) is 0 Å². The van der Waals surface area contributed by atoms with Crippen molar-refractivity contribution < 1.29 is 0 Å². The maximum atomic E-state index is 4.67. The first-order chi connectivity index (χ1) is 24.7. The monoisotopic (exact) mass is 643 g/mol. The fraction of sp³-hybridized carbons (Fsp3) is 0.0222. The number of benzene rings is 7. The Morgan fingerprint density at radius 2 is 0.820 bits per heavy atom. The van der Waals surface area contributed by atoms with E-state index in [9.17, 15) is 0 Å². The second kappa shape index (κ2) is 12.4. The zero-order valence-corrected chi connectivity index (χ0v) is 27.6. The molecule has 2 aromatic heterocycles. The van der Waals surface area contributed by atoms with Crippen molar-refractivity contribution >= 4 is 38.9 Å². The summed E-state index contributed by atoms with van der Waals surface area (Å²) in [6.07, 6.45) is 0. The standard InChI is InChI=1S/C45H33N5/c1-32-14-8-11-21-41(32)48(35-24-28-37(29-25-35)49-42-22-12-9-19-39(42)40-20-10-13-23-43(40)49)36-26-30-38(31-27-36)50-44(33-15-4-2-5-16-33)46-47-45(50)34-17-6-3-7-18-34/h2-31H,1H3. The van der Waals surface area contributed by atoms with Gasteiger partial charge >= 0.3 is 0 Å². The zero-order valence-electron chi connectivity index (χ0n) is 27.6. The summed E-state index contributed by atoms with van der Waals surface area (Å²) in [5.74, 6) is 1.60. The van der Waals surface area contributed by atoms with E-state index in [1.54, 1.807) is 0 Å². The van der Waals surface area contributed by atoms with E-state index >= 15 is 0 Å². The molecule has 0 aliphatic rings. The van der Waals surface area contributed by atoms with Crippen molar-refractivity contribution in [1.82, 2.24) is 19.3 Å². The first kappa shape index (κ1) is 29.4. The van der Waals surface area contributed by atoms with Crippen LogP contribution in [0.3, 0.4) is 0 Å². The van der Waals surface area contributed by atoms with Crippen LogP contribution in [0.5, 0.6) is 0 Å². The fourth-order valence-corrected chi connectivity index (χ4v) is 7.02. The van der Waals surface area contributed by atoms with E-state index in [1.807, 2.05) is 36.4 Å². The van der Waals surface area contributed by atoms with Gasteiger partial charge < -0.3 is 9.47 Å². The van der Waals surface area contributed by atoms with Gasteiger partial charge in [0.05, 0.1) is 11.0 Å². The summed E-state index contributed by atoms with van der Waals surface area (Å²) in [4.78, 5) is 2.33. The molecule has 5 nitrogen and oxygen atoms in total. The van der Waals surface area contributed by atoms with Crippen LogP contribution in [0.4, 0.5) is 17.1 Å². The van der Waals surface area contributed by atoms with Gasteiger partial charge in [-0.2, -0.15) is 0 Å². The number of fused-ring (bicyclic) bond motifs is 3. The smallest absolute Gasteiger partial charge is 0.168 e. The average molecular weight is 644 g/mol. The third-order valence-electron chi connectivity index (χ3n) is 9.40. The summed E-state index contributed by atoms with van der Waals surface area (Å²) in [6, 6.07) is 63.9. The molecule has 0 saturated carbocycles. The molecule has 0 saturated heterocycles. The van der Waals surface area contributed by atoms with Crippen molar-refractivity contribution in [3.8, 4) is 34.2 Å². The lowest BCUT2D eigenvalue weighted by molar-refractivity contribution is 1.07. The predicted molar refractivity (Wildman–Crippen MR) is 206 cm³/mol. The summed E-state index contributed by atoms with van der Waals surface area (Å²) in [5, 5.41) is 11.9. The number of para-hydroxylation sites is 3. The van der Waals surface area contributed by atoms with E-state index < -0.39 is 0 Å². The van der Waals surface area contributed by atoms with Gasteiger partial charge in [-0.3, -0.25) is 4.57 Å². The highest BCUT2D eigenvalue weighted by Gasteiger charge is 2.20. The van der Waals surface area contributed by atoms with E-state index in [0.717, 1.165) is 51.2 Å². The minimum Gasteiger partial charge on any atom is -0.310 e. The van der Waals surface area contributed by atoms with Gasteiger partial charge in [-0.1, -0.05) is 115 Å². The normalized spacial score (nSPS) is 11.3. The minimum absolute atomic E-state index is 0.800. The van der Waals surface area contributed by atoms with Crippen molar-refractivity contribution in [2.45, 2.75) is 6.92 Å². The Kier molecular flexibility index (Phi) is 7.29. The Hall–Kier alpha value is -6.72. The number of hydrogen-bond acceptors (Lipinski definition) is 3. The van der Waals surface area contributed by atoms with Gasteiger partial charge in [0, 0.05) is 50.3 Å². The van der Waals surface area contributed by atoms with Crippen LogP contribution in [0.15, 0.2) is 182 Å². The quantitative estimate of drug-likeness (QED) is 0.173. The number of rotatable bonds is 7. The summed E-state index contributed by atoms with van der Waals surface area (Å²) >= 11 is 0. The van der Waals surface area contributed by atoms with Crippen LogP contribution in [0.2, 0.25) is 0 Å². The van der Waals surface area contributed by atoms with Crippen LogP contribution in [-0.4, -0.2) is 19.3 Å². The molecule has 9 aromatic rings. The lowest BCUT2D eigenvalue weighted by Crippen LogP contribution is -2.11. The highest BCUT2D eigenvalue weighted by atomic mass is 15.3. The molecule has 50 heavy (non-hydrogen) atoms. The topological polar surface area (TPSA) is 38.9 Å². The number of nitrogens with zero attached hydrogens (tertiary/aromatic N) is 5. The molecule has 5 heteroatoms. The Bertz CT molecular complexity index is 2470. The molecule has 2 heterocycles. The van der Waals surface area contributed by atoms with Crippen molar-refractivity contribution in [2.24, 2.45) is 0 Å². The predicted octanol–water partition coefficient (Wildman–Crippen LogP) is 11.5. The molecule has 0 radical (unpaired) electrons. The summed E-state index contributed by atoms with van der Waals surface area (Å²) < 4.78 is 4.50. The van der Waals surface area contributed by atoms with Gasteiger partial charge in [0.15, 0.2) is 11.6 Å². The Balaban J connectivity index is 1.15. The number of aromatic nitrogens is 4. The fourth-order valence-electron chi connectivity index (χ4n) is 7.02. The lowest BCUT2D eigenvalue weighted by Gasteiger charge is -2.27. The van der Waals surface area contributed by atoms with Gasteiger partial charge in [-0.05, 0) is 79.2 Å². The second-order valence-electron chi connectivity index (χ2n) is 12.4. The van der Waals surface area contributed by atoms with Crippen molar-refractivity contribution in [1.29, 1.82) is 0 Å². The molecular formula is C45H33N5. The van der Waals surface area contributed by atoms with Gasteiger partial charge in [0.1, 0.15) is 0 Å². The first-order valence-corrected chi connectivity index (χ1v) is 16.9. The summed E-state index contributed by atoms with van der Waals surface area (Å²) in [7, 11) is 0. The molecule has 0 atom stereocenters. The SMILES string of the molecule is Cc1ccccc1N(c1ccc(-n2c(-c3ccccc3)nnc2-c2ccccc2)cc1)c1ccc(-n2c3ccccc3c3ccccc32)cc1. The third kappa shape index (κ3) is 5.04. The maximum absolute atomic E-state index is 4.67. The molecule has 0 amide bonds. The van der Waals surface area contributed by atoms with Gasteiger partial charge in [-0.25, -0.2) is 0 Å². The molecule has 0 N–H and O–H groups in total. The zero-order chi connectivity index (χ0) is 33.4. The van der Waals surface area contributed by atoms with E-state index in [0.29, 0.717) is 0 Å².